The Morgan fingerprint density at radius 2 is 1.86 bits per heavy atom. The van der Waals surface area contributed by atoms with Crippen LogP contribution in [-0.2, 0) is 34.1 Å². The minimum absolute atomic E-state index is 0.0638. The summed E-state index contributed by atoms with van der Waals surface area (Å²) in [4.78, 5) is 16.6. The highest BCUT2D eigenvalue weighted by molar-refractivity contribution is 8.05. The fourth-order valence-electron chi connectivity index (χ4n) is 3.90. The highest BCUT2D eigenvalue weighted by Gasteiger charge is 2.41. The van der Waals surface area contributed by atoms with Crippen molar-refractivity contribution in [1.82, 2.24) is 9.55 Å². The lowest BCUT2D eigenvalue weighted by Crippen LogP contribution is -2.31. The van der Waals surface area contributed by atoms with Crippen molar-refractivity contribution in [1.29, 1.82) is 0 Å². The van der Waals surface area contributed by atoms with Crippen LogP contribution in [0.4, 0.5) is 4.79 Å². The van der Waals surface area contributed by atoms with Crippen LogP contribution < -0.4 is 0 Å². The Kier molecular flexibility index (Phi) is 5.49. The Bertz CT molecular complexity index is 1080. The maximum atomic E-state index is 13.1. The summed E-state index contributed by atoms with van der Waals surface area (Å²) < 4.78 is 33.3. The highest BCUT2D eigenvalue weighted by atomic mass is 32.2. The van der Waals surface area contributed by atoms with Crippen LogP contribution in [0.15, 0.2) is 73.3 Å². The Balaban J connectivity index is 1.56. The molecule has 1 aliphatic carbocycles. The van der Waals surface area contributed by atoms with E-state index in [1.54, 1.807) is 30.7 Å². The molecule has 0 saturated carbocycles. The van der Waals surface area contributed by atoms with Crippen molar-refractivity contribution < 1.29 is 17.9 Å². The van der Waals surface area contributed by atoms with Crippen molar-refractivity contribution in [3.05, 3.63) is 90.0 Å². The number of carbonyl (C=O) groups is 1. The molecule has 0 N–H and O–H groups in total. The molecule has 1 aromatic heterocycles. The lowest BCUT2D eigenvalue weighted by Gasteiger charge is -2.30. The first-order chi connectivity index (χ1) is 14.0. The smallest absolute Gasteiger partial charge is 0.425 e. The fraction of sp³-hybridized carbons (Fsp3) is 0.273. The summed E-state index contributed by atoms with van der Waals surface area (Å²) in [6.45, 7) is 0.588. The quantitative estimate of drug-likeness (QED) is 0.596. The van der Waals surface area contributed by atoms with E-state index < -0.39 is 20.4 Å². The number of aromatic nitrogens is 2. The summed E-state index contributed by atoms with van der Waals surface area (Å²) >= 11 is 0. The molecule has 0 spiro atoms. The lowest BCUT2D eigenvalue weighted by molar-refractivity contribution is 0.165. The van der Waals surface area contributed by atoms with Gasteiger partial charge in [-0.3, -0.25) is 0 Å². The Hall–Kier alpha value is -2.93. The third-order valence-corrected chi connectivity index (χ3v) is 7.07. The van der Waals surface area contributed by atoms with Crippen LogP contribution in [0.2, 0.25) is 0 Å². The first-order valence-electron chi connectivity index (χ1n) is 9.52. The van der Waals surface area contributed by atoms with Gasteiger partial charge in [-0.25, -0.2) is 18.2 Å². The topological polar surface area (TPSA) is 78.3 Å². The molecule has 2 unspecified atom stereocenters. The predicted octanol–water partition coefficient (Wildman–Crippen LogP) is 3.94. The van der Waals surface area contributed by atoms with Gasteiger partial charge >= 0.3 is 5.30 Å². The van der Waals surface area contributed by atoms with Crippen molar-refractivity contribution in [3.63, 3.8) is 0 Å². The Morgan fingerprint density at radius 1 is 1.10 bits per heavy atom. The number of benzene rings is 2. The van der Waals surface area contributed by atoms with Gasteiger partial charge in [0, 0.05) is 18.9 Å². The number of imidazole rings is 1. The molecule has 3 aromatic rings. The van der Waals surface area contributed by atoms with Gasteiger partial charge in [0.15, 0.2) is 0 Å². The van der Waals surface area contributed by atoms with Crippen molar-refractivity contribution in [2.24, 2.45) is 5.92 Å². The van der Waals surface area contributed by atoms with Crippen molar-refractivity contribution in [3.8, 4) is 0 Å². The molecule has 2 aromatic carbocycles. The molecule has 0 radical (unpaired) electrons. The Morgan fingerprint density at radius 3 is 2.62 bits per heavy atom. The number of ether oxygens (including phenoxy) is 1. The van der Waals surface area contributed by atoms with Crippen LogP contribution in [0.3, 0.4) is 0 Å². The molecule has 1 aliphatic rings. The number of carbonyl (C=O) groups excluding carboxylic acids is 1. The summed E-state index contributed by atoms with van der Waals surface area (Å²) in [5.41, 5.74) is 2.41. The SMILES string of the molecule is O=C(OCc1ccccc1)S(=O)(=O)C1CC(Cn2ccnc2)Cc2ccccc21. The van der Waals surface area contributed by atoms with Gasteiger partial charge in [-0.1, -0.05) is 54.6 Å². The van der Waals surface area contributed by atoms with Crippen LogP contribution in [0, 0.1) is 5.92 Å². The average Bonchev–Trinajstić information content (AvgIpc) is 3.25. The van der Waals surface area contributed by atoms with Crippen LogP contribution in [0.25, 0.3) is 0 Å². The molecular formula is C22H22N2O4S. The van der Waals surface area contributed by atoms with Crippen LogP contribution in [0.1, 0.15) is 28.4 Å². The molecule has 6 nitrogen and oxygen atoms in total. The molecule has 150 valence electrons. The number of hydrogen-bond donors (Lipinski definition) is 0. The van der Waals surface area contributed by atoms with Gasteiger partial charge in [-0.15, -0.1) is 0 Å². The summed E-state index contributed by atoms with van der Waals surface area (Å²) in [7, 11) is -4.14. The molecule has 0 saturated heterocycles. The molecule has 2 atom stereocenters. The largest absolute Gasteiger partial charge is 0.449 e. The van der Waals surface area contributed by atoms with Crippen molar-refractivity contribution in [2.45, 2.75) is 31.2 Å². The maximum absolute atomic E-state index is 13.1. The normalized spacial score (nSPS) is 18.8. The lowest BCUT2D eigenvalue weighted by atomic mass is 9.83. The third-order valence-electron chi connectivity index (χ3n) is 5.29. The molecule has 7 heteroatoms. The summed E-state index contributed by atoms with van der Waals surface area (Å²) in [5, 5.41) is -2.06. The van der Waals surface area contributed by atoms with Gasteiger partial charge in [0.1, 0.15) is 6.61 Å². The third kappa shape index (κ3) is 4.24. The van der Waals surface area contributed by atoms with Gasteiger partial charge < -0.3 is 9.30 Å². The summed E-state index contributed by atoms with van der Waals surface area (Å²) in [6.07, 6.45) is 6.42. The van der Waals surface area contributed by atoms with Gasteiger partial charge in [-0.05, 0) is 35.4 Å². The predicted molar refractivity (Wildman–Crippen MR) is 109 cm³/mol. The number of sulfone groups is 1. The van der Waals surface area contributed by atoms with Gasteiger partial charge in [0.2, 0.25) is 0 Å². The molecule has 0 fully saturated rings. The molecule has 29 heavy (non-hydrogen) atoms. The fourth-order valence-corrected chi connectivity index (χ4v) is 5.44. The van der Waals surface area contributed by atoms with Crippen LogP contribution >= 0.6 is 0 Å². The number of hydrogen-bond acceptors (Lipinski definition) is 5. The molecular weight excluding hydrogens is 388 g/mol. The van der Waals surface area contributed by atoms with Gasteiger partial charge in [0.05, 0.1) is 11.6 Å². The van der Waals surface area contributed by atoms with Crippen LogP contribution in [-0.4, -0.2) is 23.3 Å². The number of fused-ring (bicyclic) bond motifs is 1. The van der Waals surface area contributed by atoms with Crippen molar-refractivity contribution >= 4 is 15.1 Å². The zero-order valence-electron chi connectivity index (χ0n) is 15.8. The van der Waals surface area contributed by atoms with E-state index >= 15 is 0 Å². The monoisotopic (exact) mass is 410 g/mol. The zero-order valence-corrected chi connectivity index (χ0v) is 16.7. The van der Waals surface area contributed by atoms with Gasteiger partial charge in [-0.2, -0.15) is 0 Å². The van der Waals surface area contributed by atoms with E-state index in [1.165, 1.54) is 0 Å². The van der Waals surface area contributed by atoms with E-state index in [2.05, 4.69) is 4.98 Å². The first-order valence-corrected chi connectivity index (χ1v) is 11.1. The minimum Gasteiger partial charge on any atom is -0.449 e. The average molecular weight is 410 g/mol. The summed E-state index contributed by atoms with van der Waals surface area (Å²) in [5.74, 6) is 0.0841. The summed E-state index contributed by atoms with van der Waals surface area (Å²) in [6, 6.07) is 16.5. The highest BCUT2D eigenvalue weighted by Crippen LogP contribution is 2.40. The van der Waals surface area contributed by atoms with E-state index in [0.29, 0.717) is 18.5 Å². The van der Waals surface area contributed by atoms with E-state index in [4.69, 9.17) is 4.74 Å². The molecule has 4 rings (SSSR count). The van der Waals surface area contributed by atoms with E-state index in [9.17, 15) is 13.2 Å². The first kappa shape index (κ1) is 19.4. The molecule has 1 heterocycles. The standard InChI is InChI=1S/C22H22N2O4S/c25-22(28-15-17-6-2-1-3-7-17)29(26,27)21-13-18(14-24-11-10-23-16-24)12-19-8-4-5-9-20(19)21/h1-11,16,18,21H,12-15H2. The second-order valence-electron chi connectivity index (χ2n) is 7.32. The van der Waals surface area contributed by atoms with E-state index in [-0.39, 0.29) is 12.5 Å². The molecule has 0 amide bonds. The van der Waals surface area contributed by atoms with Crippen molar-refractivity contribution in [2.75, 3.05) is 0 Å². The van der Waals surface area contributed by atoms with Gasteiger partial charge in [0.25, 0.3) is 9.84 Å². The maximum Gasteiger partial charge on any atom is 0.425 e. The number of rotatable bonds is 5. The van der Waals surface area contributed by atoms with E-state index in [1.807, 2.05) is 47.2 Å². The second-order valence-corrected chi connectivity index (χ2v) is 9.31. The minimum atomic E-state index is -4.14. The molecule has 0 bridgehead atoms. The van der Waals surface area contributed by atoms with Crippen LogP contribution in [0.5, 0.6) is 0 Å². The second kappa shape index (κ2) is 8.21. The number of nitrogens with zero attached hydrogens (tertiary/aromatic N) is 2. The Labute approximate surface area is 170 Å². The zero-order chi connectivity index (χ0) is 20.3. The molecule has 0 aliphatic heterocycles. The van der Waals surface area contributed by atoms with E-state index in [0.717, 1.165) is 17.5 Å².